The summed E-state index contributed by atoms with van der Waals surface area (Å²) in [4.78, 5) is 22.3. The van der Waals surface area contributed by atoms with Gasteiger partial charge >= 0.3 is 0 Å². The van der Waals surface area contributed by atoms with Crippen molar-refractivity contribution in [1.82, 2.24) is 24.5 Å². The smallest absolute Gasteiger partial charge is 0.0990 e. The maximum absolute atomic E-state index is 10.1. The van der Waals surface area contributed by atoms with Crippen molar-refractivity contribution in [2.24, 2.45) is 7.05 Å². The molecule has 314 valence electrons. The number of fused-ring (bicyclic) bond motifs is 11. The van der Waals surface area contributed by atoms with Gasteiger partial charge in [0.25, 0.3) is 0 Å². The van der Waals surface area contributed by atoms with Crippen LogP contribution in [0.3, 0.4) is 0 Å². The molecule has 63 heavy (non-hydrogen) atoms. The molecule has 6 heterocycles. The van der Waals surface area contributed by atoms with Crippen molar-refractivity contribution in [2.75, 3.05) is 13.2 Å². The summed E-state index contributed by atoms with van der Waals surface area (Å²) < 4.78 is 2.28. The van der Waals surface area contributed by atoms with Crippen LogP contribution in [0.2, 0.25) is 0 Å². The van der Waals surface area contributed by atoms with Gasteiger partial charge in [0.2, 0.25) is 0 Å². The Morgan fingerprint density at radius 1 is 0.476 bits per heavy atom. The Morgan fingerprint density at radius 3 is 1.57 bits per heavy atom. The first-order chi connectivity index (χ1) is 30.6. The average molecular weight is 868 g/mol. The fourth-order valence-corrected chi connectivity index (χ4v) is 9.03. The van der Waals surface area contributed by atoms with E-state index in [0.29, 0.717) is 25.7 Å². The number of unbranched alkanes of at least 4 members (excludes halogenated alkanes) is 1. The topological polar surface area (TPSA) is 98.2 Å². The molecule has 0 radical (unpaired) electrons. The van der Waals surface area contributed by atoms with Crippen LogP contribution in [0.4, 0.5) is 0 Å². The molecule has 8 bridgehead atoms. The number of aliphatic hydroxyl groups excluding tert-OH is 2. The van der Waals surface area contributed by atoms with Gasteiger partial charge < -0.3 is 19.8 Å². The second-order valence-corrected chi connectivity index (χ2v) is 15.9. The molecule has 0 amide bonds. The maximum atomic E-state index is 10.1. The van der Waals surface area contributed by atoms with Crippen LogP contribution in [-0.2, 0) is 36.4 Å². The van der Waals surface area contributed by atoms with Gasteiger partial charge in [-0.25, -0.2) is 9.97 Å². The number of hydrogen-bond donors (Lipinski definition) is 2. The number of nitrogens with zero attached hydrogens (tertiary/aromatic N) is 5. The van der Waals surface area contributed by atoms with E-state index in [4.69, 9.17) is 19.9 Å². The van der Waals surface area contributed by atoms with Crippen LogP contribution in [0.25, 0.3) is 101 Å². The SMILES string of the molecule is Cn1c2ccc1c(-c1ccccc1)c1nc(c(-c3ccccc3)c3ccc([n-]3)c(-c3ccccc3)c3nc(c2-c2ccccc2)C=C3)-c2nc(CCCCO)c(CCCO)cc2-1.[Ni]. The summed E-state index contributed by atoms with van der Waals surface area (Å²) in [6, 6.07) is 52.7. The second kappa shape index (κ2) is 18.3. The minimum atomic E-state index is 0. The fourth-order valence-electron chi connectivity index (χ4n) is 9.03. The first-order valence-corrected chi connectivity index (χ1v) is 21.5. The number of rotatable bonds is 11. The molecule has 4 aromatic heterocycles. The van der Waals surface area contributed by atoms with Crippen LogP contribution < -0.4 is 4.98 Å². The summed E-state index contributed by atoms with van der Waals surface area (Å²) in [7, 11) is 2.14. The molecule has 0 saturated heterocycles. The molecule has 0 aliphatic carbocycles. The van der Waals surface area contributed by atoms with Crippen LogP contribution in [0.1, 0.15) is 41.9 Å². The summed E-state index contributed by atoms with van der Waals surface area (Å²) in [6.45, 7) is 0.206. The van der Waals surface area contributed by atoms with E-state index in [-0.39, 0.29) is 29.7 Å². The van der Waals surface area contributed by atoms with Gasteiger partial charge in [0.05, 0.1) is 39.5 Å². The molecule has 0 atom stereocenters. The zero-order valence-corrected chi connectivity index (χ0v) is 36.0. The third-order valence-corrected chi connectivity index (χ3v) is 12.0. The van der Waals surface area contributed by atoms with Gasteiger partial charge in [-0.1, -0.05) is 133 Å². The summed E-state index contributed by atoms with van der Waals surface area (Å²) in [5.41, 5.74) is 18.7. The predicted octanol–water partition coefficient (Wildman–Crippen LogP) is 11.8. The molecule has 0 fully saturated rings. The van der Waals surface area contributed by atoms with E-state index in [2.05, 4.69) is 151 Å². The summed E-state index contributed by atoms with van der Waals surface area (Å²) in [6.07, 6.45) is 7.72. The zero-order valence-electron chi connectivity index (χ0n) is 35.0. The Morgan fingerprint density at radius 2 is 0.984 bits per heavy atom. The van der Waals surface area contributed by atoms with Gasteiger partial charge in [0.15, 0.2) is 0 Å². The van der Waals surface area contributed by atoms with E-state index in [1.807, 2.05) is 24.3 Å². The molecule has 0 unspecified atom stereocenters. The zero-order chi connectivity index (χ0) is 42.0. The Labute approximate surface area is 377 Å². The van der Waals surface area contributed by atoms with E-state index < -0.39 is 0 Å². The minimum absolute atomic E-state index is 0. The first kappa shape index (κ1) is 41.6. The fraction of sp³-hybridized carbons (Fsp3) is 0.145. The van der Waals surface area contributed by atoms with E-state index in [1.54, 1.807) is 0 Å². The van der Waals surface area contributed by atoms with Crippen LogP contribution in [-0.4, -0.2) is 42.9 Å². The minimum Gasteiger partial charge on any atom is -0.657 e. The van der Waals surface area contributed by atoms with Gasteiger partial charge in [0, 0.05) is 59.1 Å². The van der Waals surface area contributed by atoms with Gasteiger partial charge in [-0.05, 0) is 101 Å². The van der Waals surface area contributed by atoms with Crippen molar-refractivity contribution in [3.8, 4) is 67.2 Å². The van der Waals surface area contributed by atoms with Crippen LogP contribution in [0, 0.1) is 0 Å². The van der Waals surface area contributed by atoms with Crippen LogP contribution in [0.15, 0.2) is 152 Å². The molecule has 2 N–H and O–H groups in total. The standard InChI is InChI=1S/C55H46N5O2.Ni/c1-60-47-31-32-48(60)52(39-23-12-5-13-24-39)53-41-35-40(25-16-34-62)42(26-14-15-33-61)58-54(41)55(59-53)51(38-21-10-4-11-22-38)46-30-28-44(57-46)49(36-17-6-2-7-18-36)43-27-29-45(56-43)50(47)37-19-8-3-9-20-37;/h2-13,17-24,27-32,35,61-62H,14-16,25-26,33-34H2,1H3;/q-1;. The van der Waals surface area contributed by atoms with Crippen LogP contribution >= 0.6 is 0 Å². The van der Waals surface area contributed by atoms with Gasteiger partial charge in [-0.15, -0.1) is 11.0 Å². The van der Waals surface area contributed by atoms with Gasteiger partial charge in [-0.2, -0.15) is 0 Å². The molecule has 8 heteroatoms. The number of aromatic nitrogens is 5. The molecule has 8 aromatic rings. The quantitative estimate of drug-likeness (QED) is 0.0992. The Balaban J connectivity index is 0.00000504. The van der Waals surface area contributed by atoms with Crippen LogP contribution in [0.5, 0.6) is 0 Å². The van der Waals surface area contributed by atoms with Crippen molar-refractivity contribution in [1.29, 1.82) is 0 Å². The third kappa shape index (κ3) is 7.87. The van der Waals surface area contributed by atoms with Crippen molar-refractivity contribution in [3.63, 3.8) is 0 Å². The predicted molar refractivity (Wildman–Crippen MR) is 253 cm³/mol. The molecule has 0 saturated carbocycles. The van der Waals surface area contributed by atoms with E-state index in [0.717, 1.165) is 118 Å². The first-order valence-electron chi connectivity index (χ1n) is 21.5. The Bertz CT molecular complexity index is 3120. The van der Waals surface area contributed by atoms with Crippen molar-refractivity contribution < 1.29 is 26.7 Å². The van der Waals surface area contributed by atoms with Gasteiger partial charge in [0.1, 0.15) is 0 Å². The second-order valence-electron chi connectivity index (χ2n) is 15.9. The molecule has 2 aliphatic rings. The monoisotopic (exact) mass is 866 g/mol. The third-order valence-electron chi connectivity index (χ3n) is 12.0. The normalized spacial score (nSPS) is 11.7. The molecular weight excluding hydrogens is 821 g/mol. The molecule has 2 aliphatic heterocycles. The number of hydrogen-bond acceptors (Lipinski definition) is 5. The molecular formula is C55H46N5NiO2-. The molecule has 7 nitrogen and oxygen atoms in total. The summed E-state index contributed by atoms with van der Waals surface area (Å²) in [5, 5.41) is 19.8. The number of pyridine rings is 1. The van der Waals surface area contributed by atoms with E-state index in [9.17, 15) is 10.2 Å². The summed E-state index contributed by atoms with van der Waals surface area (Å²) >= 11 is 0. The molecule has 10 rings (SSSR count). The average Bonchev–Trinajstić information content (AvgIpc) is 4.14. The molecule has 4 aromatic carbocycles. The number of aryl methyl sites for hydroxylation is 3. The summed E-state index contributed by atoms with van der Waals surface area (Å²) in [5.74, 6) is 0. The van der Waals surface area contributed by atoms with Crippen molar-refractivity contribution in [2.45, 2.75) is 32.1 Å². The maximum Gasteiger partial charge on any atom is 0.0990 e. The van der Waals surface area contributed by atoms with E-state index >= 15 is 0 Å². The van der Waals surface area contributed by atoms with Crippen molar-refractivity contribution in [3.05, 3.63) is 174 Å². The number of aliphatic hydroxyl groups is 2. The number of benzene rings is 4. The van der Waals surface area contributed by atoms with E-state index in [1.165, 1.54) is 0 Å². The Kier molecular flexibility index (Phi) is 12.1. The Hall–Kier alpha value is -6.70. The molecule has 0 spiro atoms. The largest absolute Gasteiger partial charge is 0.657 e. The van der Waals surface area contributed by atoms with Gasteiger partial charge in [-0.3, -0.25) is 4.98 Å². The van der Waals surface area contributed by atoms with Crippen molar-refractivity contribution >= 4 is 34.2 Å².